The summed E-state index contributed by atoms with van der Waals surface area (Å²) in [6.45, 7) is 1.46. The van der Waals surface area contributed by atoms with E-state index < -0.39 is 0 Å². The number of hydrogen-bond acceptors (Lipinski definition) is 3. The second-order valence-corrected chi connectivity index (χ2v) is 6.96. The third kappa shape index (κ3) is 3.55. The average Bonchev–Trinajstić information content (AvgIpc) is 2.70. The van der Waals surface area contributed by atoms with Crippen molar-refractivity contribution in [3.8, 4) is 5.75 Å². The monoisotopic (exact) mass is 375 g/mol. The molecule has 1 aromatic carbocycles. The van der Waals surface area contributed by atoms with Gasteiger partial charge in [0.05, 0.1) is 8.26 Å². The number of nitrogens with one attached hydrogen (secondary N) is 1. The molecule has 0 atom stereocenters. The lowest BCUT2D eigenvalue weighted by atomic mass is 10.2. The Bertz CT molecular complexity index is 513. The van der Waals surface area contributed by atoms with Crippen LogP contribution in [0.25, 0.3) is 0 Å². The van der Waals surface area contributed by atoms with Crippen molar-refractivity contribution in [2.75, 3.05) is 0 Å². The van der Waals surface area contributed by atoms with E-state index in [9.17, 15) is 5.11 Å². The van der Waals surface area contributed by atoms with E-state index in [-0.39, 0.29) is 0 Å². The third-order valence-corrected chi connectivity index (χ3v) is 4.58. The van der Waals surface area contributed by atoms with Crippen molar-refractivity contribution in [1.29, 1.82) is 0 Å². The van der Waals surface area contributed by atoms with Gasteiger partial charge >= 0.3 is 0 Å². The largest absolute Gasteiger partial charge is 0.506 e. The van der Waals surface area contributed by atoms with Gasteiger partial charge in [0.1, 0.15) is 5.75 Å². The molecule has 0 aliphatic heterocycles. The summed E-state index contributed by atoms with van der Waals surface area (Å²) < 4.78 is 1.87. The Morgan fingerprint density at radius 3 is 2.65 bits per heavy atom. The molecule has 0 amide bonds. The van der Waals surface area contributed by atoms with Crippen molar-refractivity contribution in [2.45, 2.75) is 13.1 Å². The highest BCUT2D eigenvalue weighted by Gasteiger charge is 2.04. The minimum atomic E-state index is 0.312. The molecule has 0 bridgehead atoms. The van der Waals surface area contributed by atoms with E-state index >= 15 is 0 Å². The second kappa shape index (κ2) is 6.00. The normalized spacial score (nSPS) is 10.7. The first-order chi connectivity index (χ1) is 8.16. The second-order valence-electron chi connectivity index (χ2n) is 3.56. The Hall–Kier alpha value is -0.360. The molecule has 0 saturated heterocycles. The minimum Gasteiger partial charge on any atom is -0.506 e. The highest BCUT2D eigenvalue weighted by Crippen LogP contribution is 2.27. The van der Waals surface area contributed by atoms with E-state index in [1.807, 2.05) is 24.3 Å². The topological polar surface area (TPSA) is 32.3 Å². The maximum atomic E-state index is 9.81. The molecule has 0 saturated carbocycles. The van der Waals surface area contributed by atoms with Gasteiger partial charge in [0, 0.05) is 23.5 Å². The SMILES string of the molecule is Oc1c(Br)cccc1CNCc1ccc(Br)s1. The van der Waals surface area contributed by atoms with Crippen LogP contribution in [0.3, 0.4) is 0 Å². The number of thiophene rings is 1. The van der Waals surface area contributed by atoms with Gasteiger partial charge in [-0.15, -0.1) is 11.3 Å². The molecular formula is C12H11Br2NOS. The molecule has 0 spiro atoms. The van der Waals surface area contributed by atoms with Crippen LogP contribution in [0.15, 0.2) is 38.6 Å². The van der Waals surface area contributed by atoms with E-state index in [0.29, 0.717) is 12.3 Å². The Kier molecular flexibility index (Phi) is 4.62. The van der Waals surface area contributed by atoms with E-state index in [1.165, 1.54) is 4.88 Å². The summed E-state index contributed by atoms with van der Waals surface area (Å²) in [5, 5.41) is 13.1. The number of aromatic hydroxyl groups is 1. The van der Waals surface area contributed by atoms with Crippen LogP contribution in [-0.4, -0.2) is 5.11 Å². The molecule has 2 aromatic rings. The summed E-state index contributed by atoms with van der Waals surface area (Å²) in [4.78, 5) is 1.27. The molecule has 17 heavy (non-hydrogen) atoms. The molecule has 90 valence electrons. The lowest BCUT2D eigenvalue weighted by Crippen LogP contribution is -2.11. The first kappa shape index (κ1) is 13.1. The maximum absolute atomic E-state index is 9.81. The molecule has 0 radical (unpaired) electrons. The fourth-order valence-electron chi connectivity index (χ4n) is 1.47. The van der Waals surface area contributed by atoms with Gasteiger partial charge in [0.15, 0.2) is 0 Å². The van der Waals surface area contributed by atoms with E-state index in [0.717, 1.165) is 20.4 Å². The van der Waals surface area contributed by atoms with E-state index in [1.54, 1.807) is 11.3 Å². The molecule has 5 heteroatoms. The predicted octanol–water partition coefficient (Wildman–Crippen LogP) is 4.27. The number of hydrogen-bond donors (Lipinski definition) is 2. The molecule has 2 nitrogen and oxygen atoms in total. The van der Waals surface area contributed by atoms with Crippen LogP contribution in [0, 0.1) is 0 Å². The first-order valence-corrected chi connectivity index (χ1v) is 7.48. The fraction of sp³-hybridized carbons (Fsp3) is 0.167. The standard InChI is InChI=1S/C12H11Br2NOS/c13-10-3-1-2-8(12(10)16)6-15-7-9-4-5-11(14)17-9/h1-5,15-16H,6-7H2. The quantitative estimate of drug-likeness (QED) is 0.835. The molecule has 0 aliphatic rings. The van der Waals surface area contributed by atoms with Crippen molar-refractivity contribution in [3.63, 3.8) is 0 Å². The van der Waals surface area contributed by atoms with Crippen molar-refractivity contribution in [2.24, 2.45) is 0 Å². The number of halogens is 2. The molecule has 2 N–H and O–H groups in total. The van der Waals surface area contributed by atoms with Crippen LogP contribution in [0.2, 0.25) is 0 Å². The molecule has 1 heterocycles. The smallest absolute Gasteiger partial charge is 0.134 e. The van der Waals surface area contributed by atoms with Gasteiger partial charge in [-0.3, -0.25) is 0 Å². The first-order valence-electron chi connectivity index (χ1n) is 5.08. The van der Waals surface area contributed by atoms with Crippen LogP contribution in [0.5, 0.6) is 5.75 Å². The van der Waals surface area contributed by atoms with E-state index in [2.05, 4.69) is 43.2 Å². The lowest BCUT2D eigenvalue weighted by molar-refractivity contribution is 0.461. The zero-order valence-electron chi connectivity index (χ0n) is 8.91. The summed E-state index contributed by atoms with van der Waals surface area (Å²) in [5.74, 6) is 0.312. The zero-order valence-corrected chi connectivity index (χ0v) is 12.9. The van der Waals surface area contributed by atoms with Gasteiger partial charge in [0.2, 0.25) is 0 Å². The third-order valence-electron chi connectivity index (χ3n) is 2.31. The van der Waals surface area contributed by atoms with Gasteiger partial charge in [-0.1, -0.05) is 12.1 Å². The number of phenolic OH excluding ortho intramolecular Hbond substituents is 1. The molecule has 1 aromatic heterocycles. The Labute approximate surface area is 121 Å². The molecule has 0 fully saturated rings. The summed E-state index contributed by atoms with van der Waals surface area (Å²) in [5.41, 5.74) is 0.898. The summed E-state index contributed by atoms with van der Waals surface area (Å²) in [6, 6.07) is 9.79. The fourth-order valence-corrected chi connectivity index (χ4v) is 3.33. The summed E-state index contributed by atoms with van der Waals surface area (Å²) in [7, 11) is 0. The molecule has 0 unspecified atom stereocenters. The van der Waals surface area contributed by atoms with Gasteiger partial charge in [-0.05, 0) is 50.1 Å². The molecule has 0 aliphatic carbocycles. The van der Waals surface area contributed by atoms with Gasteiger partial charge in [-0.25, -0.2) is 0 Å². The zero-order chi connectivity index (χ0) is 12.3. The van der Waals surface area contributed by atoms with Crippen LogP contribution in [0.4, 0.5) is 0 Å². The summed E-state index contributed by atoms with van der Waals surface area (Å²) >= 11 is 8.45. The Balaban J connectivity index is 1.92. The van der Waals surface area contributed by atoms with Crippen molar-refractivity contribution >= 4 is 43.2 Å². The Morgan fingerprint density at radius 1 is 1.12 bits per heavy atom. The predicted molar refractivity (Wildman–Crippen MR) is 78.4 cm³/mol. The average molecular weight is 377 g/mol. The van der Waals surface area contributed by atoms with Crippen molar-refractivity contribution in [1.82, 2.24) is 5.32 Å². The Morgan fingerprint density at radius 2 is 1.94 bits per heavy atom. The van der Waals surface area contributed by atoms with Crippen LogP contribution in [-0.2, 0) is 13.1 Å². The lowest BCUT2D eigenvalue weighted by Gasteiger charge is -2.07. The maximum Gasteiger partial charge on any atom is 0.134 e. The van der Waals surface area contributed by atoms with Crippen LogP contribution < -0.4 is 5.32 Å². The highest BCUT2D eigenvalue weighted by molar-refractivity contribution is 9.11. The van der Waals surface area contributed by atoms with E-state index in [4.69, 9.17) is 0 Å². The highest BCUT2D eigenvalue weighted by atomic mass is 79.9. The summed E-state index contributed by atoms with van der Waals surface area (Å²) in [6.07, 6.45) is 0. The van der Waals surface area contributed by atoms with Gasteiger partial charge < -0.3 is 10.4 Å². The van der Waals surface area contributed by atoms with Crippen LogP contribution >= 0.6 is 43.2 Å². The number of para-hydroxylation sites is 1. The molecular weight excluding hydrogens is 366 g/mol. The van der Waals surface area contributed by atoms with Crippen molar-refractivity contribution < 1.29 is 5.11 Å². The van der Waals surface area contributed by atoms with Gasteiger partial charge in [0.25, 0.3) is 0 Å². The van der Waals surface area contributed by atoms with Gasteiger partial charge in [-0.2, -0.15) is 0 Å². The van der Waals surface area contributed by atoms with Crippen LogP contribution in [0.1, 0.15) is 10.4 Å². The minimum absolute atomic E-state index is 0.312. The number of rotatable bonds is 4. The van der Waals surface area contributed by atoms with Crippen molar-refractivity contribution in [3.05, 3.63) is 49.0 Å². The molecule has 2 rings (SSSR count). The number of benzene rings is 1. The number of phenols is 1.